The van der Waals surface area contributed by atoms with Gasteiger partial charge in [-0.1, -0.05) is 161 Å². The maximum absolute atomic E-state index is 11.5. The summed E-state index contributed by atoms with van der Waals surface area (Å²) in [5.41, 5.74) is 0. The van der Waals surface area contributed by atoms with Crippen molar-refractivity contribution in [3.8, 4) is 0 Å². The van der Waals surface area contributed by atoms with Crippen molar-refractivity contribution >= 4 is 5.97 Å². The molecule has 0 saturated carbocycles. The number of carbonyl (C=O) groups is 1. The van der Waals surface area contributed by atoms with E-state index in [2.05, 4.69) is 6.92 Å². The van der Waals surface area contributed by atoms with Crippen molar-refractivity contribution in [1.82, 2.24) is 0 Å². The van der Waals surface area contributed by atoms with E-state index < -0.39 is 0 Å². The zero-order chi connectivity index (χ0) is 24.4. The van der Waals surface area contributed by atoms with Crippen molar-refractivity contribution in [2.75, 3.05) is 13.2 Å². The van der Waals surface area contributed by atoms with Crippen molar-refractivity contribution in [1.29, 1.82) is 0 Å². The standard InChI is InChI=1S/C31H60O3/c1-2-3-4-5-6-7-8-9-10-11-12-13-14-15-16-17-18-19-20-21-22-23-24-25-26-27-31(32)34-29-30-28-33-30/h30H,2-29H2,1H3. The molecule has 1 saturated heterocycles. The molecule has 0 bridgehead atoms. The average Bonchev–Trinajstić information content (AvgIpc) is 3.67. The minimum atomic E-state index is -0.0513. The molecule has 1 heterocycles. The minimum absolute atomic E-state index is 0.0513. The molecule has 0 amide bonds. The van der Waals surface area contributed by atoms with E-state index in [4.69, 9.17) is 9.47 Å². The van der Waals surface area contributed by atoms with Gasteiger partial charge in [-0.3, -0.25) is 4.79 Å². The first-order valence-corrected chi connectivity index (χ1v) is 15.6. The number of hydrogen-bond acceptors (Lipinski definition) is 3. The number of hydrogen-bond donors (Lipinski definition) is 0. The number of esters is 1. The number of ether oxygens (including phenoxy) is 2. The van der Waals surface area contributed by atoms with Crippen LogP contribution in [0.4, 0.5) is 0 Å². The normalized spacial score (nSPS) is 15.0. The Morgan fingerprint density at radius 2 is 0.853 bits per heavy atom. The maximum atomic E-state index is 11.5. The van der Waals surface area contributed by atoms with Crippen LogP contribution in [-0.2, 0) is 14.3 Å². The van der Waals surface area contributed by atoms with Crippen LogP contribution in [0, 0.1) is 0 Å². The van der Waals surface area contributed by atoms with Gasteiger partial charge in [-0.05, 0) is 6.42 Å². The molecule has 3 nitrogen and oxygen atoms in total. The Hall–Kier alpha value is -0.570. The van der Waals surface area contributed by atoms with Crippen LogP contribution in [0.15, 0.2) is 0 Å². The monoisotopic (exact) mass is 480 g/mol. The molecule has 34 heavy (non-hydrogen) atoms. The van der Waals surface area contributed by atoms with Crippen molar-refractivity contribution in [2.45, 2.75) is 180 Å². The zero-order valence-corrected chi connectivity index (χ0v) is 23.1. The van der Waals surface area contributed by atoms with E-state index in [1.165, 1.54) is 148 Å². The molecular formula is C31H60O3. The van der Waals surface area contributed by atoms with Crippen LogP contribution >= 0.6 is 0 Å². The molecule has 3 heteroatoms. The van der Waals surface area contributed by atoms with Gasteiger partial charge in [0.25, 0.3) is 0 Å². The predicted octanol–water partition coefficient (Wildman–Crippen LogP) is 10.1. The summed E-state index contributed by atoms with van der Waals surface area (Å²) in [4.78, 5) is 11.5. The summed E-state index contributed by atoms with van der Waals surface area (Å²) in [6.45, 7) is 3.51. The summed E-state index contributed by atoms with van der Waals surface area (Å²) in [7, 11) is 0. The van der Waals surface area contributed by atoms with Gasteiger partial charge < -0.3 is 9.47 Å². The van der Waals surface area contributed by atoms with Crippen LogP contribution in [-0.4, -0.2) is 25.3 Å². The largest absolute Gasteiger partial charge is 0.463 e. The maximum Gasteiger partial charge on any atom is 0.305 e. The van der Waals surface area contributed by atoms with Gasteiger partial charge in [-0.2, -0.15) is 0 Å². The number of carbonyl (C=O) groups excluding carboxylic acids is 1. The number of rotatable bonds is 28. The molecule has 0 aromatic heterocycles. The molecule has 0 aliphatic carbocycles. The molecule has 0 spiro atoms. The van der Waals surface area contributed by atoms with E-state index in [1.807, 2.05) is 0 Å². The first-order valence-electron chi connectivity index (χ1n) is 15.6. The predicted molar refractivity (Wildman–Crippen MR) is 146 cm³/mol. The fraction of sp³-hybridized carbons (Fsp3) is 0.968. The van der Waals surface area contributed by atoms with Crippen LogP contribution in [0.2, 0.25) is 0 Å². The van der Waals surface area contributed by atoms with Gasteiger partial charge in [-0.25, -0.2) is 0 Å². The lowest BCUT2D eigenvalue weighted by atomic mass is 10.0. The van der Waals surface area contributed by atoms with E-state index in [0.717, 1.165) is 19.4 Å². The van der Waals surface area contributed by atoms with Crippen molar-refractivity contribution in [3.05, 3.63) is 0 Å². The highest BCUT2D eigenvalue weighted by Crippen LogP contribution is 2.16. The van der Waals surface area contributed by atoms with Crippen LogP contribution in [0.1, 0.15) is 174 Å². The molecule has 1 aliphatic heterocycles. The van der Waals surface area contributed by atoms with Crippen LogP contribution in [0.25, 0.3) is 0 Å². The van der Waals surface area contributed by atoms with E-state index in [9.17, 15) is 4.79 Å². The fourth-order valence-corrected chi connectivity index (χ4v) is 4.83. The molecule has 1 rings (SSSR count). The van der Waals surface area contributed by atoms with E-state index in [1.54, 1.807) is 0 Å². The Bertz CT molecular complexity index is 419. The molecule has 1 aliphatic rings. The summed E-state index contributed by atoms with van der Waals surface area (Å²) >= 11 is 0. The third-order valence-corrected chi connectivity index (χ3v) is 7.32. The summed E-state index contributed by atoms with van der Waals surface area (Å²) in [6.07, 6.45) is 35.8. The highest BCUT2D eigenvalue weighted by atomic mass is 16.6. The van der Waals surface area contributed by atoms with Gasteiger partial charge in [-0.15, -0.1) is 0 Å². The summed E-state index contributed by atoms with van der Waals surface area (Å²) in [5, 5.41) is 0. The molecule has 202 valence electrons. The lowest BCUT2D eigenvalue weighted by molar-refractivity contribution is -0.144. The second-order valence-corrected chi connectivity index (χ2v) is 10.9. The molecule has 0 aromatic rings. The SMILES string of the molecule is CCCCCCCCCCCCCCCCCCCCCCCCCCCC(=O)OCC1CO1. The second-order valence-electron chi connectivity index (χ2n) is 10.9. The second kappa shape index (κ2) is 25.5. The number of epoxide rings is 1. The quantitative estimate of drug-likeness (QED) is 0.0635. The lowest BCUT2D eigenvalue weighted by Crippen LogP contribution is -2.09. The minimum Gasteiger partial charge on any atom is -0.463 e. The van der Waals surface area contributed by atoms with Gasteiger partial charge in [0.2, 0.25) is 0 Å². The average molecular weight is 481 g/mol. The molecular weight excluding hydrogens is 420 g/mol. The summed E-state index contributed by atoms with van der Waals surface area (Å²) in [6, 6.07) is 0. The zero-order valence-electron chi connectivity index (χ0n) is 23.1. The number of unbranched alkanes of at least 4 members (excludes halogenated alkanes) is 24. The smallest absolute Gasteiger partial charge is 0.305 e. The van der Waals surface area contributed by atoms with Gasteiger partial charge in [0.1, 0.15) is 12.7 Å². The Morgan fingerprint density at radius 1 is 0.559 bits per heavy atom. The highest BCUT2D eigenvalue weighted by molar-refractivity contribution is 5.69. The van der Waals surface area contributed by atoms with Gasteiger partial charge in [0.05, 0.1) is 6.61 Å². The Morgan fingerprint density at radius 3 is 1.15 bits per heavy atom. The molecule has 1 atom stereocenters. The first kappa shape index (κ1) is 31.5. The first-order chi connectivity index (χ1) is 16.8. The van der Waals surface area contributed by atoms with Crippen LogP contribution in [0.5, 0.6) is 0 Å². The molecule has 1 unspecified atom stereocenters. The third-order valence-electron chi connectivity index (χ3n) is 7.32. The van der Waals surface area contributed by atoms with Gasteiger partial charge in [0.15, 0.2) is 0 Å². The molecule has 1 fully saturated rings. The molecule has 0 radical (unpaired) electrons. The van der Waals surface area contributed by atoms with E-state index in [0.29, 0.717) is 13.0 Å². The van der Waals surface area contributed by atoms with Gasteiger partial charge >= 0.3 is 5.97 Å². The van der Waals surface area contributed by atoms with Crippen LogP contribution in [0.3, 0.4) is 0 Å². The van der Waals surface area contributed by atoms with E-state index >= 15 is 0 Å². The van der Waals surface area contributed by atoms with Crippen LogP contribution < -0.4 is 0 Å². The Kier molecular flexibility index (Phi) is 23.6. The van der Waals surface area contributed by atoms with Crippen molar-refractivity contribution in [3.63, 3.8) is 0 Å². The molecule has 0 N–H and O–H groups in total. The van der Waals surface area contributed by atoms with Crippen molar-refractivity contribution in [2.24, 2.45) is 0 Å². The highest BCUT2D eigenvalue weighted by Gasteiger charge is 2.23. The van der Waals surface area contributed by atoms with Gasteiger partial charge in [0, 0.05) is 6.42 Å². The lowest BCUT2D eigenvalue weighted by Gasteiger charge is -2.05. The van der Waals surface area contributed by atoms with E-state index in [-0.39, 0.29) is 12.1 Å². The summed E-state index contributed by atoms with van der Waals surface area (Å²) < 4.78 is 10.2. The summed E-state index contributed by atoms with van der Waals surface area (Å²) in [5.74, 6) is -0.0513. The Balaban J connectivity index is 1.62. The van der Waals surface area contributed by atoms with Crippen molar-refractivity contribution < 1.29 is 14.3 Å². The Labute approximate surface area is 213 Å². The fourth-order valence-electron chi connectivity index (χ4n) is 4.83. The molecule has 0 aromatic carbocycles. The topological polar surface area (TPSA) is 38.8 Å². The third kappa shape index (κ3) is 24.6.